The fraction of sp³-hybridized carbons (Fsp3) is 0.667. The Bertz CT molecular complexity index is 977. The molecule has 1 saturated heterocycles. The van der Waals surface area contributed by atoms with Gasteiger partial charge in [0.2, 0.25) is 0 Å². The predicted molar refractivity (Wildman–Crippen MR) is 121 cm³/mol. The number of hydrogen-bond acceptors (Lipinski definition) is 6. The summed E-state index contributed by atoms with van der Waals surface area (Å²) in [5.41, 5.74) is 8.29. The van der Waals surface area contributed by atoms with Crippen LogP contribution in [-0.4, -0.2) is 58.6 Å². The molecule has 2 aromatic rings. The van der Waals surface area contributed by atoms with Crippen LogP contribution in [0.1, 0.15) is 57.2 Å². The van der Waals surface area contributed by atoms with Crippen molar-refractivity contribution in [3.8, 4) is 17.0 Å². The highest BCUT2D eigenvalue weighted by molar-refractivity contribution is 5.64. The van der Waals surface area contributed by atoms with Crippen LogP contribution in [0, 0.1) is 11.8 Å². The van der Waals surface area contributed by atoms with E-state index in [-0.39, 0.29) is 17.6 Å². The number of piperidine rings is 1. The van der Waals surface area contributed by atoms with Gasteiger partial charge in [-0.3, -0.25) is 4.68 Å². The summed E-state index contributed by atoms with van der Waals surface area (Å²) in [7, 11) is 1.81. The Morgan fingerprint density at radius 2 is 1.82 bits per heavy atom. The number of ether oxygens (including phenoxy) is 2. The van der Waals surface area contributed by atoms with Gasteiger partial charge in [-0.05, 0) is 63.5 Å². The van der Waals surface area contributed by atoms with Crippen LogP contribution in [0.3, 0.4) is 0 Å². The summed E-state index contributed by atoms with van der Waals surface area (Å²) in [6.07, 6.45) is 6.71. The molecule has 0 bridgehead atoms. The standard InChI is InChI=1S/C24H33F2N5O2/c1-13(2)31-20(11-19(29-31)14-8-21(33-24(25)26)23(27)28-12-14)22-17-9-15(10-18(17)22)30-6-4-16(32-3)5-7-30/h8,11-13,15-18,22,24H,4-7,9-10H2,1-3H3,(H2,27,28). The van der Waals surface area contributed by atoms with Crippen molar-refractivity contribution in [1.82, 2.24) is 19.7 Å². The normalized spacial score (nSPS) is 28.0. The monoisotopic (exact) mass is 461 g/mol. The Kier molecular flexibility index (Phi) is 6.03. The van der Waals surface area contributed by atoms with Gasteiger partial charge in [-0.15, -0.1) is 0 Å². The molecule has 3 heterocycles. The Morgan fingerprint density at radius 1 is 1.12 bits per heavy atom. The van der Waals surface area contributed by atoms with Crippen molar-refractivity contribution < 1.29 is 18.3 Å². The number of pyridine rings is 1. The van der Waals surface area contributed by atoms with Crippen LogP contribution >= 0.6 is 0 Å². The summed E-state index contributed by atoms with van der Waals surface area (Å²) in [6.45, 7) is 3.55. The van der Waals surface area contributed by atoms with Gasteiger partial charge in [0.15, 0.2) is 11.6 Å². The predicted octanol–water partition coefficient (Wildman–Crippen LogP) is 4.31. The lowest BCUT2D eigenvalue weighted by molar-refractivity contribution is -0.0494. The molecule has 7 nitrogen and oxygen atoms in total. The van der Waals surface area contributed by atoms with Crippen LogP contribution in [0.4, 0.5) is 14.6 Å². The zero-order valence-corrected chi connectivity index (χ0v) is 19.5. The van der Waals surface area contributed by atoms with Crippen molar-refractivity contribution >= 4 is 5.82 Å². The number of nitrogens with two attached hydrogens (primary N) is 1. The molecule has 0 aromatic carbocycles. The number of anilines is 1. The lowest BCUT2D eigenvalue weighted by Crippen LogP contribution is -2.42. The van der Waals surface area contributed by atoms with E-state index in [1.165, 1.54) is 24.6 Å². The maximum absolute atomic E-state index is 12.7. The summed E-state index contributed by atoms with van der Waals surface area (Å²) in [6, 6.07) is 4.48. The Morgan fingerprint density at radius 3 is 2.42 bits per heavy atom. The van der Waals surface area contributed by atoms with Crippen LogP contribution in [0.5, 0.6) is 5.75 Å². The number of aromatic nitrogens is 3. The summed E-state index contributed by atoms with van der Waals surface area (Å²) in [4.78, 5) is 6.70. The van der Waals surface area contributed by atoms with Gasteiger partial charge in [0, 0.05) is 55.7 Å². The van der Waals surface area contributed by atoms with Crippen molar-refractivity contribution in [2.24, 2.45) is 11.8 Å². The van der Waals surface area contributed by atoms with Crippen LogP contribution in [0.25, 0.3) is 11.3 Å². The molecule has 1 aliphatic heterocycles. The van der Waals surface area contributed by atoms with Crippen molar-refractivity contribution in [1.29, 1.82) is 0 Å². The van der Waals surface area contributed by atoms with Crippen LogP contribution in [-0.2, 0) is 4.74 Å². The highest BCUT2D eigenvalue weighted by atomic mass is 19.3. The molecule has 3 fully saturated rings. The molecule has 0 radical (unpaired) electrons. The minimum atomic E-state index is -2.95. The first kappa shape index (κ1) is 22.5. The molecule has 2 aromatic heterocycles. The average molecular weight is 462 g/mol. The van der Waals surface area contributed by atoms with E-state index in [0.29, 0.717) is 41.2 Å². The quantitative estimate of drug-likeness (QED) is 0.662. The molecule has 33 heavy (non-hydrogen) atoms. The smallest absolute Gasteiger partial charge is 0.387 e. The SMILES string of the molecule is COC1CCN(C2CC3C(C2)C3c2cc(-c3cnc(N)c(OC(F)F)c3)nn2C(C)C)CC1. The largest absolute Gasteiger partial charge is 0.431 e. The molecule has 2 unspecified atom stereocenters. The molecule has 9 heteroatoms. The van der Waals surface area contributed by atoms with Gasteiger partial charge in [0.1, 0.15) is 0 Å². The van der Waals surface area contributed by atoms with E-state index < -0.39 is 6.61 Å². The number of hydrogen-bond donors (Lipinski definition) is 1. The van der Waals surface area contributed by atoms with Gasteiger partial charge < -0.3 is 20.1 Å². The summed E-state index contributed by atoms with van der Waals surface area (Å²) in [5.74, 6) is 1.73. The number of likely N-dealkylation sites (tertiary alicyclic amines) is 1. The van der Waals surface area contributed by atoms with Gasteiger partial charge in [0.25, 0.3) is 0 Å². The maximum Gasteiger partial charge on any atom is 0.387 e. The summed E-state index contributed by atoms with van der Waals surface area (Å²) < 4.78 is 37.6. The van der Waals surface area contributed by atoms with Crippen molar-refractivity contribution in [3.63, 3.8) is 0 Å². The van der Waals surface area contributed by atoms with Crippen molar-refractivity contribution in [2.45, 2.75) is 70.2 Å². The zero-order chi connectivity index (χ0) is 23.3. The number of alkyl halides is 2. The Hall–Kier alpha value is -2.26. The molecule has 180 valence electrons. The lowest BCUT2D eigenvalue weighted by atomic mass is 9.99. The Labute approximate surface area is 193 Å². The number of rotatable bonds is 7. The maximum atomic E-state index is 12.7. The molecule has 3 aliphatic rings. The highest BCUT2D eigenvalue weighted by Crippen LogP contribution is 2.64. The van der Waals surface area contributed by atoms with Gasteiger partial charge in [-0.2, -0.15) is 13.9 Å². The summed E-state index contributed by atoms with van der Waals surface area (Å²) >= 11 is 0. The van der Waals surface area contributed by atoms with Gasteiger partial charge in [-0.25, -0.2) is 4.98 Å². The molecule has 2 N–H and O–H groups in total. The first-order valence-electron chi connectivity index (χ1n) is 11.9. The Balaban J connectivity index is 1.31. The first-order chi connectivity index (χ1) is 15.9. The van der Waals surface area contributed by atoms with Gasteiger partial charge in [-0.1, -0.05) is 0 Å². The third-order valence-electron chi connectivity index (χ3n) is 7.74. The van der Waals surface area contributed by atoms with Crippen LogP contribution in [0.15, 0.2) is 18.3 Å². The number of nitrogens with zero attached hydrogens (tertiary/aromatic N) is 4. The average Bonchev–Trinajstić information content (AvgIpc) is 3.15. The topological polar surface area (TPSA) is 78.4 Å². The molecule has 0 spiro atoms. The number of nitrogen functional groups attached to an aromatic ring is 1. The molecule has 2 atom stereocenters. The first-order valence-corrected chi connectivity index (χ1v) is 11.9. The van der Waals surface area contributed by atoms with Crippen LogP contribution < -0.4 is 10.5 Å². The van der Waals surface area contributed by atoms with E-state index in [1.54, 1.807) is 6.20 Å². The molecular formula is C24H33F2N5O2. The minimum absolute atomic E-state index is 0.0557. The highest BCUT2D eigenvalue weighted by Gasteiger charge is 2.58. The number of halogens is 2. The van der Waals surface area contributed by atoms with E-state index in [9.17, 15) is 8.78 Å². The van der Waals surface area contributed by atoms with Crippen LogP contribution in [0.2, 0.25) is 0 Å². The van der Waals surface area contributed by atoms with Gasteiger partial charge >= 0.3 is 6.61 Å². The van der Waals surface area contributed by atoms with Crippen molar-refractivity contribution in [2.75, 3.05) is 25.9 Å². The van der Waals surface area contributed by atoms with E-state index in [2.05, 4.69) is 39.2 Å². The van der Waals surface area contributed by atoms with Crippen molar-refractivity contribution in [3.05, 3.63) is 24.0 Å². The number of methoxy groups -OCH3 is 1. The molecule has 2 saturated carbocycles. The minimum Gasteiger partial charge on any atom is -0.431 e. The van der Waals surface area contributed by atoms with E-state index in [0.717, 1.165) is 25.9 Å². The molecule has 2 aliphatic carbocycles. The molecular weight excluding hydrogens is 428 g/mol. The third kappa shape index (κ3) is 4.33. The second-order valence-electron chi connectivity index (χ2n) is 9.93. The lowest BCUT2D eigenvalue weighted by Gasteiger charge is -2.36. The second kappa shape index (κ2) is 8.83. The van der Waals surface area contributed by atoms with Gasteiger partial charge in [0.05, 0.1) is 11.8 Å². The molecule has 5 rings (SSSR count). The second-order valence-corrected chi connectivity index (χ2v) is 9.93. The summed E-state index contributed by atoms with van der Waals surface area (Å²) in [5, 5.41) is 4.81. The van der Waals surface area contributed by atoms with E-state index in [4.69, 9.17) is 15.6 Å². The number of fused-ring (bicyclic) bond motifs is 1. The molecule has 0 amide bonds. The zero-order valence-electron chi connectivity index (χ0n) is 19.5. The fourth-order valence-electron chi connectivity index (χ4n) is 6.02. The fourth-order valence-corrected chi connectivity index (χ4v) is 6.02. The third-order valence-corrected chi connectivity index (χ3v) is 7.74. The van der Waals surface area contributed by atoms with E-state index >= 15 is 0 Å². The van der Waals surface area contributed by atoms with E-state index in [1.807, 2.05) is 7.11 Å².